The van der Waals surface area contributed by atoms with Crippen LogP contribution < -0.4 is 19.5 Å². The first-order chi connectivity index (χ1) is 15.0. The van der Waals surface area contributed by atoms with E-state index >= 15 is 0 Å². The van der Waals surface area contributed by atoms with Gasteiger partial charge in [0, 0.05) is 23.4 Å². The van der Waals surface area contributed by atoms with Gasteiger partial charge in [0.25, 0.3) is 0 Å². The topological polar surface area (TPSA) is 87.5 Å². The molecule has 0 bridgehead atoms. The number of aromatic nitrogens is 3. The standard InChI is InChI=1S/C22H24N4O4S/c1-14(2)26-21(15-4-7-17(28-3)8-5-15)24-25-22(26)31-13-20(27)23-16-6-9-18-19(12-16)30-11-10-29-18/h4-9,12,14H,10-11,13H2,1-3H3,(H,23,27). The lowest BCUT2D eigenvalue weighted by atomic mass is 10.2. The number of hydrogen-bond acceptors (Lipinski definition) is 7. The van der Waals surface area contributed by atoms with Crippen LogP contribution in [0.3, 0.4) is 0 Å². The van der Waals surface area contributed by atoms with E-state index in [0.29, 0.717) is 35.6 Å². The summed E-state index contributed by atoms with van der Waals surface area (Å²) in [5.41, 5.74) is 1.61. The van der Waals surface area contributed by atoms with Gasteiger partial charge in [-0.3, -0.25) is 9.36 Å². The Morgan fingerprint density at radius 2 is 1.87 bits per heavy atom. The molecule has 1 aromatic heterocycles. The Kier molecular flexibility index (Phi) is 6.31. The summed E-state index contributed by atoms with van der Waals surface area (Å²) in [5.74, 6) is 2.94. The number of carbonyl (C=O) groups is 1. The van der Waals surface area contributed by atoms with Crippen molar-refractivity contribution in [3.8, 4) is 28.6 Å². The number of amides is 1. The number of ether oxygens (including phenoxy) is 3. The number of thioether (sulfide) groups is 1. The van der Waals surface area contributed by atoms with Gasteiger partial charge in [0.05, 0.1) is 12.9 Å². The van der Waals surface area contributed by atoms with Gasteiger partial charge >= 0.3 is 0 Å². The van der Waals surface area contributed by atoms with Crippen molar-refractivity contribution >= 4 is 23.4 Å². The SMILES string of the molecule is COc1ccc(-c2nnc(SCC(=O)Nc3ccc4c(c3)OCCO4)n2C(C)C)cc1. The first kappa shape index (κ1) is 21.0. The molecule has 1 amide bonds. The molecule has 1 aliphatic rings. The molecular weight excluding hydrogens is 416 g/mol. The quantitative estimate of drug-likeness (QED) is 0.555. The smallest absolute Gasteiger partial charge is 0.234 e. The Labute approximate surface area is 184 Å². The molecular formula is C22H24N4O4S. The van der Waals surface area contributed by atoms with Crippen molar-refractivity contribution in [2.24, 2.45) is 0 Å². The van der Waals surface area contributed by atoms with E-state index in [1.165, 1.54) is 11.8 Å². The van der Waals surface area contributed by atoms with E-state index < -0.39 is 0 Å². The first-order valence-corrected chi connectivity index (χ1v) is 11.0. The number of fused-ring (bicyclic) bond motifs is 1. The normalized spacial score (nSPS) is 12.6. The van der Waals surface area contributed by atoms with Crippen molar-refractivity contribution in [2.45, 2.75) is 25.0 Å². The molecule has 0 unspecified atom stereocenters. The predicted molar refractivity (Wildman–Crippen MR) is 119 cm³/mol. The Bertz CT molecular complexity index is 1070. The highest BCUT2D eigenvalue weighted by Gasteiger charge is 2.18. The summed E-state index contributed by atoms with van der Waals surface area (Å²) in [4.78, 5) is 12.5. The highest BCUT2D eigenvalue weighted by molar-refractivity contribution is 7.99. The van der Waals surface area contributed by atoms with Gasteiger partial charge in [-0.1, -0.05) is 11.8 Å². The Morgan fingerprint density at radius 1 is 1.13 bits per heavy atom. The third-order valence-electron chi connectivity index (χ3n) is 4.69. The molecule has 1 N–H and O–H groups in total. The van der Waals surface area contributed by atoms with E-state index in [0.717, 1.165) is 17.1 Å². The summed E-state index contributed by atoms with van der Waals surface area (Å²) in [5, 5.41) is 12.3. The average Bonchev–Trinajstić information content (AvgIpc) is 3.22. The second kappa shape index (κ2) is 9.30. The average molecular weight is 441 g/mol. The fourth-order valence-corrected chi connectivity index (χ4v) is 4.09. The Morgan fingerprint density at radius 3 is 2.58 bits per heavy atom. The Balaban J connectivity index is 1.44. The number of carbonyl (C=O) groups excluding carboxylic acids is 1. The van der Waals surface area contributed by atoms with Crippen LogP contribution in [0.5, 0.6) is 17.2 Å². The van der Waals surface area contributed by atoms with E-state index in [4.69, 9.17) is 14.2 Å². The zero-order chi connectivity index (χ0) is 21.8. The third kappa shape index (κ3) is 4.77. The molecule has 0 radical (unpaired) electrons. The summed E-state index contributed by atoms with van der Waals surface area (Å²) >= 11 is 1.35. The van der Waals surface area contributed by atoms with Gasteiger partial charge in [-0.05, 0) is 50.2 Å². The Hall–Kier alpha value is -3.20. The van der Waals surface area contributed by atoms with E-state index in [2.05, 4.69) is 29.4 Å². The van der Waals surface area contributed by atoms with Crippen LogP contribution in [-0.4, -0.2) is 46.7 Å². The molecule has 0 saturated heterocycles. The fourth-order valence-electron chi connectivity index (χ4n) is 3.23. The van der Waals surface area contributed by atoms with Crippen LogP contribution in [0.25, 0.3) is 11.4 Å². The second-order valence-corrected chi connectivity index (χ2v) is 8.14. The van der Waals surface area contributed by atoms with Crippen molar-refractivity contribution in [1.29, 1.82) is 0 Å². The third-order valence-corrected chi connectivity index (χ3v) is 5.63. The lowest BCUT2D eigenvalue weighted by Crippen LogP contribution is -2.17. The molecule has 162 valence electrons. The molecule has 0 aliphatic carbocycles. The minimum absolute atomic E-state index is 0.133. The van der Waals surface area contributed by atoms with Gasteiger partial charge in [-0.2, -0.15) is 0 Å². The molecule has 0 saturated carbocycles. The number of rotatable bonds is 7. The molecule has 2 heterocycles. The van der Waals surface area contributed by atoms with Crippen molar-refractivity contribution in [2.75, 3.05) is 31.4 Å². The molecule has 2 aromatic carbocycles. The van der Waals surface area contributed by atoms with Gasteiger partial charge in [0.15, 0.2) is 22.5 Å². The summed E-state index contributed by atoms with van der Waals surface area (Å²) in [6.45, 7) is 5.16. The van der Waals surface area contributed by atoms with Crippen LogP contribution in [0.1, 0.15) is 19.9 Å². The summed E-state index contributed by atoms with van der Waals surface area (Å²) in [7, 11) is 1.64. The molecule has 0 atom stereocenters. The minimum atomic E-state index is -0.133. The summed E-state index contributed by atoms with van der Waals surface area (Å²) < 4.78 is 18.3. The van der Waals surface area contributed by atoms with Crippen molar-refractivity contribution in [3.05, 3.63) is 42.5 Å². The first-order valence-electron chi connectivity index (χ1n) is 9.97. The van der Waals surface area contributed by atoms with Crippen LogP contribution in [0, 0.1) is 0 Å². The molecule has 3 aromatic rings. The maximum atomic E-state index is 12.5. The van der Waals surface area contributed by atoms with Gasteiger partial charge in [-0.15, -0.1) is 10.2 Å². The molecule has 31 heavy (non-hydrogen) atoms. The minimum Gasteiger partial charge on any atom is -0.497 e. The predicted octanol–water partition coefficient (Wildman–Crippen LogP) is 4.04. The number of hydrogen-bond donors (Lipinski definition) is 1. The number of nitrogens with one attached hydrogen (secondary N) is 1. The lowest BCUT2D eigenvalue weighted by Gasteiger charge is -2.19. The molecule has 8 nitrogen and oxygen atoms in total. The van der Waals surface area contributed by atoms with E-state index in [1.807, 2.05) is 28.8 Å². The van der Waals surface area contributed by atoms with Crippen molar-refractivity contribution in [3.63, 3.8) is 0 Å². The van der Waals surface area contributed by atoms with Crippen LogP contribution in [0.4, 0.5) is 5.69 Å². The number of nitrogens with zero attached hydrogens (tertiary/aromatic N) is 3. The largest absolute Gasteiger partial charge is 0.497 e. The van der Waals surface area contributed by atoms with Gasteiger partial charge < -0.3 is 19.5 Å². The number of methoxy groups -OCH3 is 1. The monoisotopic (exact) mass is 440 g/mol. The molecule has 1 aliphatic heterocycles. The summed E-state index contributed by atoms with van der Waals surface area (Å²) in [6, 6.07) is 13.2. The molecule has 9 heteroatoms. The maximum absolute atomic E-state index is 12.5. The van der Waals surface area contributed by atoms with Gasteiger partial charge in [0.1, 0.15) is 19.0 Å². The van der Waals surface area contributed by atoms with Crippen LogP contribution in [0.15, 0.2) is 47.6 Å². The molecule has 0 fully saturated rings. The molecule has 0 spiro atoms. The van der Waals surface area contributed by atoms with Gasteiger partial charge in [-0.25, -0.2) is 0 Å². The van der Waals surface area contributed by atoms with Crippen molar-refractivity contribution in [1.82, 2.24) is 14.8 Å². The van der Waals surface area contributed by atoms with E-state index in [1.54, 1.807) is 25.3 Å². The number of benzene rings is 2. The second-order valence-electron chi connectivity index (χ2n) is 7.19. The zero-order valence-electron chi connectivity index (χ0n) is 17.6. The maximum Gasteiger partial charge on any atom is 0.234 e. The van der Waals surface area contributed by atoms with Crippen LogP contribution in [-0.2, 0) is 4.79 Å². The van der Waals surface area contributed by atoms with Gasteiger partial charge in [0.2, 0.25) is 5.91 Å². The van der Waals surface area contributed by atoms with E-state index in [9.17, 15) is 4.79 Å². The lowest BCUT2D eigenvalue weighted by molar-refractivity contribution is -0.113. The summed E-state index contributed by atoms with van der Waals surface area (Å²) in [6.07, 6.45) is 0. The highest BCUT2D eigenvalue weighted by Crippen LogP contribution is 2.33. The van der Waals surface area contributed by atoms with Crippen LogP contribution >= 0.6 is 11.8 Å². The van der Waals surface area contributed by atoms with Crippen molar-refractivity contribution < 1.29 is 19.0 Å². The van der Waals surface area contributed by atoms with Crippen LogP contribution in [0.2, 0.25) is 0 Å². The zero-order valence-corrected chi connectivity index (χ0v) is 18.4. The highest BCUT2D eigenvalue weighted by atomic mass is 32.2. The molecule has 4 rings (SSSR count). The fraction of sp³-hybridized carbons (Fsp3) is 0.318. The van der Waals surface area contributed by atoms with E-state index in [-0.39, 0.29) is 17.7 Å². The number of anilines is 1.